The molecule has 0 radical (unpaired) electrons. The smallest absolute Gasteiger partial charge is 0.194 e. The molecule has 0 saturated heterocycles. The summed E-state index contributed by atoms with van der Waals surface area (Å²) in [7, 11) is -2.15. The van der Waals surface area contributed by atoms with Crippen molar-refractivity contribution in [2.24, 2.45) is 4.36 Å². The molecule has 0 fully saturated rings. The summed E-state index contributed by atoms with van der Waals surface area (Å²) in [6.45, 7) is 4.80. The minimum Gasteiger partial charge on any atom is -0.379 e. The van der Waals surface area contributed by atoms with E-state index in [-0.39, 0.29) is 0 Å². The Kier molecular flexibility index (Phi) is 4.16. The second kappa shape index (κ2) is 5.98. The number of aryl methyl sites for hydroxylation is 2. The van der Waals surface area contributed by atoms with Gasteiger partial charge in [-0.05, 0) is 32.0 Å². The molecule has 0 bridgehead atoms. The fourth-order valence-electron chi connectivity index (χ4n) is 2.43. The third-order valence-corrected chi connectivity index (χ3v) is 4.92. The lowest BCUT2D eigenvalue weighted by atomic mass is 10.2. The number of nitrogens with zero attached hydrogens (tertiary/aromatic N) is 3. The van der Waals surface area contributed by atoms with Crippen LogP contribution in [0.5, 0.6) is 0 Å². The van der Waals surface area contributed by atoms with Crippen LogP contribution < -0.4 is 5.32 Å². The molecular formula is C16H20N4OS2. The number of anilines is 1. The molecule has 5 nitrogen and oxygen atoms in total. The Hall–Kier alpha value is -1.86. The van der Waals surface area contributed by atoms with E-state index < -0.39 is 9.73 Å². The number of aromatic nitrogens is 2. The molecule has 2 heterocycles. The van der Waals surface area contributed by atoms with Crippen molar-refractivity contribution in [2.45, 2.75) is 20.4 Å². The van der Waals surface area contributed by atoms with Crippen LogP contribution in [0.4, 0.5) is 11.4 Å². The van der Waals surface area contributed by atoms with E-state index in [1.807, 2.05) is 31.2 Å². The van der Waals surface area contributed by atoms with Gasteiger partial charge < -0.3 is 5.32 Å². The van der Waals surface area contributed by atoms with E-state index in [1.54, 1.807) is 23.8 Å². The molecule has 23 heavy (non-hydrogen) atoms. The molecule has 0 aliphatic heterocycles. The zero-order valence-electron chi connectivity index (χ0n) is 13.7. The van der Waals surface area contributed by atoms with Crippen molar-refractivity contribution in [2.75, 3.05) is 17.8 Å². The van der Waals surface area contributed by atoms with Crippen LogP contribution in [-0.2, 0) is 16.3 Å². The zero-order chi connectivity index (χ0) is 16.6. The highest BCUT2D eigenvalue weighted by atomic mass is 32.2. The second-order valence-corrected chi connectivity index (χ2v) is 9.57. The number of nitrogens with one attached hydrogen (secondary N) is 1. The predicted molar refractivity (Wildman–Crippen MR) is 98.4 cm³/mol. The zero-order valence-corrected chi connectivity index (χ0v) is 15.3. The van der Waals surface area contributed by atoms with Crippen LogP contribution in [0.1, 0.15) is 16.3 Å². The van der Waals surface area contributed by atoms with Gasteiger partial charge in [0.25, 0.3) is 0 Å². The van der Waals surface area contributed by atoms with Crippen LogP contribution in [0.3, 0.4) is 0 Å². The molecule has 2 aromatic heterocycles. The molecule has 0 amide bonds. The number of benzene rings is 1. The predicted octanol–water partition coefficient (Wildman–Crippen LogP) is 3.98. The monoisotopic (exact) mass is 348 g/mol. The SMILES string of the molecule is Cc1cn2c(CNc3cccc(N=S(C)(C)=O)c3)c(C)nc2s1. The van der Waals surface area contributed by atoms with Gasteiger partial charge in [-0.15, -0.1) is 11.3 Å². The lowest BCUT2D eigenvalue weighted by molar-refractivity contribution is 0.684. The topological polar surface area (TPSA) is 58.8 Å². The normalized spacial score (nSPS) is 11.8. The van der Waals surface area contributed by atoms with Crippen molar-refractivity contribution >= 4 is 37.4 Å². The van der Waals surface area contributed by atoms with Gasteiger partial charge in [0.2, 0.25) is 0 Å². The number of fused-ring (bicyclic) bond motifs is 1. The maximum atomic E-state index is 11.8. The van der Waals surface area contributed by atoms with Crippen LogP contribution in [0, 0.1) is 13.8 Å². The van der Waals surface area contributed by atoms with E-state index >= 15 is 0 Å². The van der Waals surface area contributed by atoms with Crippen LogP contribution in [0.25, 0.3) is 4.96 Å². The Morgan fingerprint density at radius 2 is 2.13 bits per heavy atom. The van der Waals surface area contributed by atoms with E-state index in [0.717, 1.165) is 27.7 Å². The van der Waals surface area contributed by atoms with E-state index in [4.69, 9.17) is 0 Å². The summed E-state index contributed by atoms with van der Waals surface area (Å²) >= 11 is 1.69. The minimum atomic E-state index is -2.15. The Labute approximate surface area is 140 Å². The number of rotatable bonds is 4. The van der Waals surface area contributed by atoms with Gasteiger partial charge in [0.05, 0.1) is 23.6 Å². The molecule has 0 spiro atoms. The maximum absolute atomic E-state index is 11.8. The summed E-state index contributed by atoms with van der Waals surface area (Å²) in [5.74, 6) is 0. The van der Waals surface area contributed by atoms with Gasteiger partial charge in [-0.2, -0.15) is 4.36 Å². The summed E-state index contributed by atoms with van der Waals surface area (Å²) in [6, 6.07) is 7.68. The molecular weight excluding hydrogens is 328 g/mol. The van der Waals surface area contributed by atoms with E-state index in [1.165, 1.54) is 4.88 Å². The molecule has 3 rings (SSSR count). The first kappa shape index (κ1) is 16.0. The molecule has 0 unspecified atom stereocenters. The molecule has 0 aliphatic carbocycles. The third-order valence-electron chi connectivity index (χ3n) is 3.37. The lowest BCUT2D eigenvalue weighted by Crippen LogP contribution is -2.03. The minimum absolute atomic E-state index is 0.681. The Bertz CT molecular complexity index is 969. The average molecular weight is 348 g/mol. The van der Waals surface area contributed by atoms with Crippen LogP contribution in [0.2, 0.25) is 0 Å². The maximum Gasteiger partial charge on any atom is 0.194 e. The third kappa shape index (κ3) is 3.73. The van der Waals surface area contributed by atoms with Gasteiger partial charge in [0.15, 0.2) is 4.96 Å². The van der Waals surface area contributed by atoms with Gasteiger partial charge in [-0.25, -0.2) is 9.19 Å². The summed E-state index contributed by atoms with van der Waals surface area (Å²) in [4.78, 5) is 6.87. The standard InChI is InChI=1S/C16H20N4OS2/c1-11-10-20-15(12(2)18-16(20)22-11)9-17-13-6-5-7-14(8-13)19-23(3,4)21/h5-8,10,17H,9H2,1-4H3. The first-order chi connectivity index (χ1) is 10.8. The van der Waals surface area contributed by atoms with E-state index in [2.05, 4.69) is 32.2 Å². The molecule has 3 aromatic rings. The Morgan fingerprint density at radius 1 is 1.35 bits per heavy atom. The van der Waals surface area contributed by atoms with E-state index in [9.17, 15) is 4.21 Å². The Morgan fingerprint density at radius 3 is 2.87 bits per heavy atom. The quantitative estimate of drug-likeness (QED) is 0.776. The summed E-state index contributed by atoms with van der Waals surface area (Å²) in [5.41, 5.74) is 3.87. The Balaban J connectivity index is 1.84. The van der Waals surface area contributed by atoms with Gasteiger partial charge >= 0.3 is 0 Å². The first-order valence-electron chi connectivity index (χ1n) is 7.27. The van der Waals surface area contributed by atoms with Crippen LogP contribution >= 0.6 is 11.3 Å². The highest BCUT2D eigenvalue weighted by Gasteiger charge is 2.10. The van der Waals surface area contributed by atoms with Gasteiger partial charge in [0.1, 0.15) is 0 Å². The van der Waals surface area contributed by atoms with Crippen molar-refractivity contribution in [3.63, 3.8) is 0 Å². The largest absolute Gasteiger partial charge is 0.379 e. The number of hydrogen-bond donors (Lipinski definition) is 1. The van der Waals surface area contributed by atoms with Crippen molar-refractivity contribution < 1.29 is 4.21 Å². The first-order valence-corrected chi connectivity index (χ1v) is 10.4. The van der Waals surface area contributed by atoms with Gasteiger partial charge in [-0.3, -0.25) is 4.40 Å². The van der Waals surface area contributed by atoms with Crippen molar-refractivity contribution in [1.29, 1.82) is 0 Å². The molecule has 0 aliphatic rings. The molecule has 122 valence electrons. The molecule has 1 N–H and O–H groups in total. The van der Waals surface area contributed by atoms with Crippen molar-refractivity contribution in [3.8, 4) is 0 Å². The number of imidazole rings is 1. The van der Waals surface area contributed by atoms with E-state index in [0.29, 0.717) is 6.54 Å². The summed E-state index contributed by atoms with van der Waals surface area (Å²) < 4.78 is 18.2. The second-order valence-electron chi connectivity index (χ2n) is 5.81. The lowest BCUT2D eigenvalue weighted by Gasteiger charge is -2.07. The summed E-state index contributed by atoms with van der Waals surface area (Å²) in [5, 5.41) is 3.41. The summed E-state index contributed by atoms with van der Waals surface area (Å²) in [6.07, 6.45) is 5.39. The molecule has 0 saturated carbocycles. The molecule has 7 heteroatoms. The highest BCUT2D eigenvalue weighted by molar-refractivity contribution is 7.92. The van der Waals surface area contributed by atoms with Gasteiger partial charge in [0, 0.05) is 39.0 Å². The van der Waals surface area contributed by atoms with Crippen LogP contribution in [-0.4, -0.2) is 26.1 Å². The molecule has 1 aromatic carbocycles. The number of thiazole rings is 1. The van der Waals surface area contributed by atoms with Crippen molar-refractivity contribution in [1.82, 2.24) is 9.38 Å². The average Bonchev–Trinajstić information content (AvgIpc) is 2.90. The van der Waals surface area contributed by atoms with Crippen molar-refractivity contribution in [3.05, 3.63) is 46.7 Å². The van der Waals surface area contributed by atoms with Crippen LogP contribution in [0.15, 0.2) is 34.8 Å². The number of hydrogen-bond acceptors (Lipinski definition) is 5. The fraction of sp³-hybridized carbons (Fsp3) is 0.312. The van der Waals surface area contributed by atoms with Gasteiger partial charge in [-0.1, -0.05) is 6.07 Å². The highest BCUT2D eigenvalue weighted by Crippen LogP contribution is 2.23. The fourth-order valence-corrected chi connectivity index (χ4v) is 3.95. The molecule has 0 atom stereocenters.